The molecule has 0 atom stereocenters. The average molecular weight is 286 g/mol. The molecule has 16 heavy (non-hydrogen) atoms. The molecular weight excluding hydrogens is 277 g/mol. The molecule has 0 spiro atoms. The van der Waals surface area contributed by atoms with Crippen molar-refractivity contribution in [1.29, 1.82) is 5.26 Å². The van der Waals surface area contributed by atoms with Crippen LogP contribution in [0.3, 0.4) is 0 Å². The first-order valence-electron chi connectivity index (χ1n) is 4.42. The summed E-state index contributed by atoms with van der Waals surface area (Å²) in [5, 5.41) is 13.7. The highest BCUT2D eigenvalue weighted by atomic mass is 79.9. The molecule has 0 heterocycles. The van der Waals surface area contributed by atoms with Gasteiger partial charge in [0, 0.05) is 7.05 Å². The van der Waals surface area contributed by atoms with Crippen LogP contribution >= 0.6 is 15.9 Å². The van der Waals surface area contributed by atoms with Crippen LogP contribution in [0.25, 0.3) is 0 Å². The third kappa shape index (κ3) is 2.70. The van der Waals surface area contributed by atoms with Gasteiger partial charge >= 0.3 is 0 Å². The van der Waals surface area contributed by atoms with Crippen LogP contribution in [0.4, 0.5) is 10.1 Å². The van der Waals surface area contributed by atoms with E-state index in [-0.39, 0.29) is 28.2 Å². The summed E-state index contributed by atoms with van der Waals surface area (Å²) in [5.74, 6) is -0.831. The number of rotatable bonds is 3. The normalized spacial score (nSPS) is 9.38. The number of hydrogen-bond acceptors (Lipinski definition) is 3. The molecule has 0 saturated heterocycles. The molecule has 0 aromatic heterocycles. The summed E-state index contributed by atoms with van der Waals surface area (Å²) in [4.78, 5) is 10.9. The van der Waals surface area contributed by atoms with Gasteiger partial charge in [0.15, 0.2) is 5.82 Å². The smallest absolute Gasteiger partial charge is 0.239 e. The molecule has 0 aliphatic rings. The van der Waals surface area contributed by atoms with Crippen molar-refractivity contribution in [3.8, 4) is 6.07 Å². The van der Waals surface area contributed by atoms with Gasteiger partial charge in [0.25, 0.3) is 0 Å². The molecule has 1 rings (SSSR count). The number of nitrogens with zero attached hydrogens (tertiary/aromatic N) is 1. The van der Waals surface area contributed by atoms with Gasteiger partial charge in [-0.05, 0) is 28.1 Å². The monoisotopic (exact) mass is 285 g/mol. The van der Waals surface area contributed by atoms with E-state index in [1.54, 1.807) is 0 Å². The number of anilines is 1. The van der Waals surface area contributed by atoms with E-state index in [1.807, 2.05) is 6.07 Å². The van der Waals surface area contributed by atoms with Gasteiger partial charge in [-0.2, -0.15) is 5.26 Å². The Labute approximate surface area is 101 Å². The highest BCUT2D eigenvalue weighted by Gasteiger charge is 2.11. The van der Waals surface area contributed by atoms with Gasteiger partial charge in [0.1, 0.15) is 6.07 Å². The van der Waals surface area contributed by atoms with E-state index in [4.69, 9.17) is 5.26 Å². The number of hydrogen-bond donors (Lipinski definition) is 2. The topological polar surface area (TPSA) is 64.9 Å². The molecule has 2 N–H and O–H groups in total. The second-order valence-electron chi connectivity index (χ2n) is 2.93. The Morgan fingerprint density at radius 1 is 1.62 bits per heavy atom. The molecule has 1 amide bonds. The first-order valence-corrected chi connectivity index (χ1v) is 5.22. The Balaban J connectivity index is 2.88. The summed E-state index contributed by atoms with van der Waals surface area (Å²) in [6.07, 6.45) is 0. The molecule has 0 unspecified atom stereocenters. The molecule has 0 radical (unpaired) electrons. The van der Waals surface area contributed by atoms with E-state index in [0.717, 1.165) is 0 Å². The van der Waals surface area contributed by atoms with E-state index in [9.17, 15) is 9.18 Å². The number of benzene rings is 1. The number of halogens is 2. The highest BCUT2D eigenvalue weighted by molar-refractivity contribution is 9.10. The van der Waals surface area contributed by atoms with Crippen LogP contribution in [0.5, 0.6) is 0 Å². The predicted molar refractivity (Wildman–Crippen MR) is 61.4 cm³/mol. The highest BCUT2D eigenvalue weighted by Crippen LogP contribution is 2.26. The first-order chi connectivity index (χ1) is 7.60. The van der Waals surface area contributed by atoms with Gasteiger partial charge < -0.3 is 10.6 Å². The summed E-state index contributed by atoms with van der Waals surface area (Å²) < 4.78 is 13.7. The summed E-state index contributed by atoms with van der Waals surface area (Å²) >= 11 is 2.98. The van der Waals surface area contributed by atoms with Crippen molar-refractivity contribution in [1.82, 2.24) is 5.32 Å². The quantitative estimate of drug-likeness (QED) is 0.887. The Morgan fingerprint density at radius 3 is 2.88 bits per heavy atom. The number of amides is 1. The minimum Gasteiger partial charge on any atom is -0.374 e. The van der Waals surface area contributed by atoms with Crippen molar-refractivity contribution in [2.24, 2.45) is 0 Å². The van der Waals surface area contributed by atoms with Gasteiger partial charge in [-0.3, -0.25) is 4.79 Å². The van der Waals surface area contributed by atoms with Crippen LogP contribution in [0.1, 0.15) is 5.56 Å². The van der Waals surface area contributed by atoms with E-state index in [2.05, 4.69) is 26.6 Å². The molecule has 0 aliphatic heterocycles. The second-order valence-corrected chi connectivity index (χ2v) is 3.72. The van der Waals surface area contributed by atoms with E-state index < -0.39 is 5.82 Å². The van der Waals surface area contributed by atoms with E-state index >= 15 is 0 Å². The van der Waals surface area contributed by atoms with Crippen LogP contribution in [-0.4, -0.2) is 19.5 Å². The van der Waals surface area contributed by atoms with Crippen molar-refractivity contribution >= 4 is 27.5 Å². The lowest BCUT2D eigenvalue weighted by atomic mass is 10.2. The minimum absolute atomic E-state index is 0.0221. The van der Waals surface area contributed by atoms with Crippen LogP contribution in [0.2, 0.25) is 0 Å². The molecule has 1 aromatic carbocycles. The number of carbonyl (C=O) groups is 1. The predicted octanol–water partition coefficient (Wildman–Crippen LogP) is 1.62. The maximum atomic E-state index is 13.6. The van der Waals surface area contributed by atoms with Crippen LogP contribution < -0.4 is 10.6 Å². The zero-order valence-electron chi connectivity index (χ0n) is 8.47. The van der Waals surface area contributed by atoms with Gasteiger partial charge in [-0.25, -0.2) is 4.39 Å². The Morgan fingerprint density at radius 2 is 2.31 bits per heavy atom. The Kier molecular flexibility index (Phi) is 4.26. The lowest BCUT2D eigenvalue weighted by Crippen LogP contribution is -2.26. The van der Waals surface area contributed by atoms with Crippen molar-refractivity contribution in [3.05, 3.63) is 28.0 Å². The summed E-state index contributed by atoms with van der Waals surface area (Å²) in [6.45, 7) is -0.0221. The Hall–Kier alpha value is -1.61. The van der Waals surface area contributed by atoms with Gasteiger partial charge in [0.05, 0.1) is 22.3 Å². The lowest BCUT2D eigenvalue weighted by Gasteiger charge is -2.08. The van der Waals surface area contributed by atoms with Crippen LogP contribution in [-0.2, 0) is 4.79 Å². The average Bonchev–Trinajstić information content (AvgIpc) is 2.30. The molecule has 1 aromatic rings. The molecule has 6 heteroatoms. The van der Waals surface area contributed by atoms with Crippen molar-refractivity contribution in [3.63, 3.8) is 0 Å². The number of likely N-dealkylation sites (N-methyl/N-ethyl adjacent to an activating group) is 1. The third-order valence-corrected chi connectivity index (χ3v) is 2.70. The van der Waals surface area contributed by atoms with Crippen molar-refractivity contribution in [2.75, 3.05) is 18.9 Å². The molecule has 84 valence electrons. The van der Waals surface area contributed by atoms with E-state index in [0.29, 0.717) is 0 Å². The fourth-order valence-electron chi connectivity index (χ4n) is 1.04. The maximum Gasteiger partial charge on any atom is 0.239 e. The molecule has 4 nitrogen and oxygen atoms in total. The summed E-state index contributed by atoms with van der Waals surface area (Å²) in [7, 11) is 1.50. The zero-order chi connectivity index (χ0) is 12.1. The van der Waals surface area contributed by atoms with Crippen LogP contribution in [0.15, 0.2) is 16.6 Å². The molecule has 0 saturated carbocycles. The largest absolute Gasteiger partial charge is 0.374 e. The van der Waals surface area contributed by atoms with Gasteiger partial charge in [-0.1, -0.05) is 0 Å². The van der Waals surface area contributed by atoms with Gasteiger partial charge in [-0.15, -0.1) is 0 Å². The lowest BCUT2D eigenvalue weighted by molar-refractivity contribution is -0.118. The molecule has 0 fully saturated rings. The standard InChI is InChI=1S/C10H9BrFN3O/c1-14-8(16)5-15-7-3-2-6(4-13)9(11)10(7)12/h2-3,15H,5H2,1H3,(H,14,16). The first kappa shape index (κ1) is 12.5. The number of nitrogens with one attached hydrogen (secondary N) is 2. The fraction of sp³-hybridized carbons (Fsp3) is 0.200. The van der Waals surface area contributed by atoms with Gasteiger partial charge in [0.2, 0.25) is 5.91 Å². The number of carbonyl (C=O) groups excluding carboxylic acids is 1. The number of nitriles is 1. The minimum atomic E-state index is -0.581. The Bertz CT molecular complexity index is 456. The van der Waals surface area contributed by atoms with Crippen molar-refractivity contribution in [2.45, 2.75) is 0 Å². The van der Waals surface area contributed by atoms with E-state index in [1.165, 1.54) is 19.2 Å². The molecular formula is C10H9BrFN3O. The summed E-state index contributed by atoms with van der Waals surface area (Å²) in [5.41, 5.74) is 0.387. The zero-order valence-corrected chi connectivity index (χ0v) is 10.1. The van der Waals surface area contributed by atoms with Crippen LogP contribution in [0, 0.1) is 17.1 Å². The molecule has 0 bridgehead atoms. The SMILES string of the molecule is CNC(=O)CNc1ccc(C#N)c(Br)c1F. The fourth-order valence-corrected chi connectivity index (χ4v) is 1.47. The second kappa shape index (κ2) is 5.47. The summed E-state index contributed by atoms with van der Waals surface area (Å²) in [6, 6.07) is 4.74. The van der Waals surface area contributed by atoms with Crippen molar-refractivity contribution < 1.29 is 9.18 Å². The third-order valence-electron chi connectivity index (χ3n) is 1.92. The molecule has 0 aliphatic carbocycles. The maximum absolute atomic E-state index is 13.6.